The van der Waals surface area contributed by atoms with E-state index in [0.717, 1.165) is 19.0 Å². The van der Waals surface area contributed by atoms with Crippen LogP contribution in [0.2, 0.25) is 0 Å². The van der Waals surface area contributed by atoms with E-state index in [1.165, 1.54) is 0 Å². The first-order chi connectivity index (χ1) is 22.1. The van der Waals surface area contributed by atoms with Crippen LogP contribution in [-0.4, -0.2) is 95.7 Å². The van der Waals surface area contributed by atoms with E-state index in [0.29, 0.717) is 6.61 Å². The van der Waals surface area contributed by atoms with E-state index in [1.54, 1.807) is 0 Å². The van der Waals surface area contributed by atoms with Gasteiger partial charge in [0.15, 0.2) is 17.4 Å². The lowest BCUT2D eigenvalue weighted by Gasteiger charge is -2.43. The fraction of sp³-hybridized carbons (Fsp3) is 0.647. The monoisotopic (exact) mass is 846 g/mol. The second-order valence-electron chi connectivity index (χ2n) is 14.1. The summed E-state index contributed by atoms with van der Waals surface area (Å²) in [6, 6.07) is 9.99. The zero-order valence-corrected chi connectivity index (χ0v) is 31.8. The molecule has 7 rings (SSSR count). The van der Waals surface area contributed by atoms with Crippen LogP contribution in [0.4, 0.5) is 0 Å². The van der Waals surface area contributed by atoms with Crippen LogP contribution in [0, 0.1) is 0 Å². The summed E-state index contributed by atoms with van der Waals surface area (Å²) in [6.07, 6.45) is -1.43. The average molecular weight is 849 g/mol. The van der Waals surface area contributed by atoms with Gasteiger partial charge in [-0.2, -0.15) is 0 Å². The first kappa shape index (κ1) is 34.9. The molecular weight excluding hydrogens is 808 g/mol. The molecule has 0 amide bonds. The van der Waals surface area contributed by atoms with Crippen LogP contribution in [0.15, 0.2) is 62.0 Å². The molecule has 0 saturated carbocycles. The van der Waals surface area contributed by atoms with Crippen molar-refractivity contribution in [1.82, 2.24) is 0 Å². The Labute approximate surface area is 300 Å². The van der Waals surface area contributed by atoms with Gasteiger partial charge in [-0.1, -0.05) is 78.1 Å². The highest BCUT2D eigenvalue weighted by molar-refractivity contribution is 9.12. The minimum atomic E-state index is -1.01. The van der Waals surface area contributed by atoms with E-state index in [4.69, 9.17) is 42.6 Å². The van der Waals surface area contributed by atoms with E-state index < -0.39 is 90.6 Å². The van der Waals surface area contributed by atoms with Gasteiger partial charge in [0, 0.05) is 13.4 Å². The number of rotatable bonds is 7. The molecule has 1 aromatic carbocycles. The predicted octanol–water partition coefficient (Wildman–Crippen LogP) is 5.88. The quantitative estimate of drug-likeness (QED) is 0.358. The average Bonchev–Trinajstić information content (AvgIpc) is 3.63. The minimum Gasteiger partial charge on any atom is -0.387 e. The van der Waals surface area contributed by atoms with E-state index in [-0.39, 0.29) is 0 Å². The Morgan fingerprint density at radius 3 is 1.57 bits per heavy atom. The maximum absolute atomic E-state index is 11.6. The van der Waals surface area contributed by atoms with Gasteiger partial charge in [-0.05, 0) is 65.3 Å². The fourth-order valence-electron chi connectivity index (χ4n) is 7.16. The zero-order chi connectivity index (χ0) is 33.5. The minimum absolute atomic E-state index is 0.373. The zero-order valence-electron chi connectivity index (χ0n) is 27.0. The van der Waals surface area contributed by atoms with Crippen molar-refractivity contribution < 1.29 is 47.7 Å². The summed E-state index contributed by atoms with van der Waals surface area (Å²) < 4.78 is 60.4. The van der Waals surface area contributed by atoms with Crippen LogP contribution in [0.5, 0.6) is 0 Å². The maximum Gasteiger partial charge on any atom is 0.164 e. The number of fused-ring (bicyclic) bond motifs is 3. The molecule has 13 heteroatoms. The van der Waals surface area contributed by atoms with Gasteiger partial charge in [0.05, 0.1) is 6.61 Å². The van der Waals surface area contributed by atoms with E-state index in [1.807, 2.05) is 90.1 Å². The second kappa shape index (κ2) is 12.9. The third kappa shape index (κ3) is 7.04. The Morgan fingerprint density at radius 2 is 1.02 bits per heavy atom. The molecule has 3 fully saturated rings. The normalized spacial score (nSPS) is 43.0. The first-order valence-electron chi connectivity index (χ1n) is 15.9. The first-order valence-corrected chi connectivity index (χ1v) is 18.3. The maximum atomic E-state index is 11.6. The number of aliphatic hydroxyl groups is 1. The van der Waals surface area contributed by atoms with Crippen LogP contribution in [-0.2, 0) is 49.2 Å². The largest absolute Gasteiger partial charge is 0.387 e. The third-order valence-electron chi connectivity index (χ3n) is 9.06. The molecule has 3 saturated heterocycles. The summed E-state index contributed by atoms with van der Waals surface area (Å²) in [5, 5.41) is 11.6. The van der Waals surface area contributed by atoms with Gasteiger partial charge in [-0.25, -0.2) is 0 Å². The molecule has 3 aliphatic carbocycles. The summed E-state index contributed by atoms with van der Waals surface area (Å²) in [6.45, 7) is 11.5. The van der Waals surface area contributed by atoms with Crippen LogP contribution in [0.1, 0.15) is 47.1 Å². The summed E-state index contributed by atoms with van der Waals surface area (Å²) in [4.78, 5) is 0. The summed E-state index contributed by atoms with van der Waals surface area (Å²) in [7, 11) is 0. The molecule has 47 heavy (non-hydrogen) atoms. The summed E-state index contributed by atoms with van der Waals surface area (Å²) >= 11 is 11.1. The number of aliphatic hydroxyl groups excluding tert-OH is 1. The van der Waals surface area contributed by atoms with Gasteiger partial charge in [0.2, 0.25) is 0 Å². The second-order valence-corrected chi connectivity index (χ2v) is 16.8. The Kier molecular flexibility index (Phi) is 9.59. The van der Waals surface area contributed by atoms with Crippen molar-refractivity contribution >= 4 is 47.8 Å². The van der Waals surface area contributed by atoms with Gasteiger partial charge in [-0.3, -0.25) is 0 Å². The predicted molar refractivity (Wildman–Crippen MR) is 181 cm³/mol. The molecule has 0 spiro atoms. The lowest BCUT2D eigenvalue weighted by Crippen LogP contribution is -2.57. The molecule has 1 aromatic rings. The molecular formula is C34H41Br3O10. The van der Waals surface area contributed by atoms with Crippen molar-refractivity contribution in [2.24, 2.45) is 0 Å². The summed E-state index contributed by atoms with van der Waals surface area (Å²) in [5.74, 6) is -2.58. The van der Waals surface area contributed by atoms with Crippen LogP contribution in [0.25, 0.3) is 0 Å². The van der Waals surface area contributed by atoms with Crippen molar-refractivity contribution in [3.63, 3.8) is 0 Å². The molecule has 5 unspecified atom stereocenters. The third-order valence-corrected chi connectivity index (χ3v) is 11.2. The Morgan fingerprint density at radius 1 is 0.596 bits per heavy atom. The van der Waals surface area contributed by atoms with Crippen LogP contribution in [0.3, 0.4) is 0 Å². The molecule has 10 nitrogen and oxygen atoms in total. The smallest absolute Gasteiger partial charge is 0.164 e. The number of halogens is 3. The van der Waals surface area contributed by atoms with Gasteiger partial charge in [0.1, 0.15) is 73.2 Å². The molecule has 12 atom stereocenters. The Balaban J connectivity index is 1.21. The van der Waals surface area contributed by atoms with Crippen LogP contribution >= 0.6 is 47.8 Å². The van der Waals surface area contributed by atoms with E-state index >= 15 is 0 Å². The molecule has 1 N–H and O–H groups in total. The number of hydrogen-bond donors (Lipinski definition) is 1. The highest BCUT2D eigenvalue weighted by atomic mass is 79.9. The number of benzene rings is 1. The fourth-order valence-corrected chi connectivity index (χ4v) is 9.00. The van der Waals surface area contributed by atoms with Gasteiger partial charge in [-0.15, -0.1) is 0 Å². The van der Waals surface area contributed by atoms with Crippen LogP contribution < -0.4 is 0 Å². The highest BCUT2D eigenvalue weighted by Gasteiger charge is 2.58. The Bertz CT molecular complexity index is 1430. The van der Waals surface area contributed by atoms with E-state index in [2.05, 4.69) is 47.8 Å². The Hall–Kier alpha value is -0.520. The topological polar surface area (TPSA) is 103 Å². The molecule has 6 aliphatic rings. The standard InChI is InChI=1S/C34H41Br3O10/c1-32(2)42-24-17(35)12-20(23(38)29(24)45-32)40-28-22(14-19(37)26-31(28)47-34(5,6)44-26)41-27-21(39-15-16-10-8-7-9-11-16)13-18(36)25-30(27)46-33(3,4)43-25/h7-14,20-31,38H,15H2,1-6H3/t20-,21-,22?,23?,24+,25+,26?,27?,28+,29-,30+,31?/m0/s1. The van der Waals surface area contributed by atoms with Crippen molar-refractivity contribution in [2.75, 3.05) is 0 Å². The van der Waals surface area contributed by atoms with Crippen molar-refractivity contribution in [2.45, 2.75) is 139 Å². The lowest BCUT2D eigenvalue weighted by atomic mass is 9.91. The molecule has 3 heterocycles. The SMILES string of the molecule is CC1(C)OC2C(Br)=CC(OC3[C@@H](OCc4ccccc4)C=C(Br)[C@H]4OC(C)(C)O[C@@H]34)[C@@H](O[C@H]3C=C(Br)[C@H]4OC(C)(C)O[C@H]4C3O)C2O1. The van der Waals surface area contributed by atoms with Crippen molar-refractivity contribution in [3.8, 4) is 0 Å². The number of ether oxygens (including phenoxy) is 9. The molecule has 258 valence electrons. The van der Waals surface area contributed by atoms with Gasteiger partial charge >= 0.3 is 0 Å². The van der Waals surface area contributed by atoms with Gasteiger partial charge in [0.25, 0.3) is 0 Å². The lowest BCUT2D eigenvalue weighted by molar-refractivity contribution is -0.220. The van der Waals surface area contributed by atoms with Gasteiger partial charge < -0.3 is 47.7 Å². The molecule has 0 bridgehead atoms. The van der Waals surface area contributed by atoms with Crippen molar-refractivity contribution in [1.29, 1.82) is 0 Å². The van der Waals surface area contributed by atoms with Crippen molar-refractivity contribution in [3.05, 3.63) is 67.6 Å². The summed E-state index contributed by atoms with van der Waals surface area (Å²) in [5.41, 5.74) is 1.04. The molecule has 3 aliphatic heterocycles. The van der Waals surface area contributed by atoms with E-state index in [9.17, 15) is 5.11 Å². The highest BCUT2D eigenvalue weighted by Crippen LogP contribution is 2.47. The molecule has 0 aromatic heterocycles. The molecule has 0 radical (unpaired) electrons. The number of hydrogen-bond acceptors (Lipinski definition) is 10.